The van der Waals surface area contributed by atoms with Crippen molar-refractivity contribution in [3.8, 4) is 16.9 Å². The van der Waals surface area contributed by atoms with Crippen molar-refractivity contribution in [2.45, 2.75) is 32.2 Å². The highest BCUT2D eigenvalue weighted by Crippen LogP contribution is 2.34. The Balaban J connectivity index is 1.20. The van der Waals surface area contributed by atoms with E-state index in [0.29, 0.717) is 11.6 Å². The van der Waals surface area contributed by atoms with E-state index in [-0.39, 0.29) is 17.1 Å². The third-order valence-electron chi connectivity index (χ3n) is 7.05. The Kier molecular flexibility index (Phi) is 6.11. The first-order chi connectivity index (χ1) is 18.4. The van der Waals surface area contributed by atoms with Crippen LogP contribution in [0.5, 0.6) is 5.75 Å². The lowest BCUT2D eigenvalue weighted by Gasteiger charge is -2.40. The number of anilines is 1. The van der Waals surface area contributed by atoms with E-state index in [9.17, 15) is 4.79 Å². The Morgan fingerprint density at radius 3 is 2.79 bits per heavy atom. The van der Waals surface area contributed by atoms with Crippen molar-refractivity contribution in [1.82, 2.24) is 35.1 Å². The number of H-pyrrole nitrogens is 1. The number of hydrogen-bond donors (Lipinski definition) is 2. The van der Waals surface area contributed by atoms with Crippen molar-refractivity contribution in [3.05, 3.63) is 65.8 Å². The minimum atomic E-state index is -0.350. The highest BCUT2D eigenvalue weighted by Gasteiger charge is 2.33. The fourth-order valence-corrected chi connectivity index (χ4v) is 5.19. The molecule has 0 unspecified atom stereocenters. The normalized spacial score (nSPS) is 15.2. The second-order valence-electron chi connectivity index (χ2n) is 9.69. The molecule has 6 heterocycles. The molecule has 5 aromatic heterocycles. The van der Waals surface area contributed by atoms with Crippen LogP contribution < -0.4 is 15.0 Å². The Bertz CT molecular complexity index is 1620. The van der Waals surface area contributed by atoms with Gasteiger partial charge in [0.05, 0.1) is 34.9 Å². The molecule has 0 bridgehead atoms. The summed E-state index contributed by atoms with van der Waals surface area (Å²) in [5, 5.41) is 16.1. The van der Waals surface area contributed by atoms with Gasteiger partial charge < -0.3 is 15.0 Å². The smallest absolute Gasteiger partial charge is 0.271 e. The zero-order chi connectivity index (χ0) is 26.3. The Hall–Kier alpha value is -4.18. The van der Waals surface area contributed by atoms with Gasteiger partial charge in [-0.05, 0) is 57.0 Å². The Labute approximate surface area is 224 Å². The van der Waals surface area contributed by atoms with Crippen molar-refractivity contribution < 1.29 is 9.53 Å². The van der Waals surface area contributed by atoms with E-state index in [0.717, 1.165) is 65.2 Å². The van der Waals surface area contributed by atoms with Gasteiger partial charge in [0, 0.05) is 42.1 Å². The van der Waals surface area contributed by atoms with E-state index >= 15 is 0 Å². The molecule has 1 fully saturated rings. The molecule has 38 heavy (non-hydrogen) atoms. The lowest BCUT2D eigenvalue weighted by atomic mass is 9.89. The molecular weight excluding hydrogens is 504 g/mol. The lowest BCUT2D eigenvalue weighted by molar-refractivity contribution is 0.0886. The van der Waals surface area contributed by atoms with Gasteiger partial charge in [-0.15, -0.1) is 5.10 Å². The number of pyridine rings is 3. The minimum absolute atomic E-state index is 0.249. The monoisotopic (exact) mass is 530 g/mol. The van der Waals surface area contributed by atoms with Gasteiger partial charge >= 0.3 is 0 Å². The number of fused-ring (bicyclic) bond motifs is 3. The summed E-state index contributed by atoms with van der Waals surface area (Å²) in [6.45, 7) is 6.11. The average molecular weight is 531 g/mol. The molecule has 0 aromatic carbocycles. The fourth-order valence-electron chi connectivity index (χ4n) is 4.98. The second-order valence-corrected chi connectivity index (χ2v) is 10.1. The third-order valence-corrected chi connectivity index (χ3v) is 7.36. The summed E-state index contributed by atoms with van der Waals surface area (Å²) in [6, 6.07) is 9.52. The number of amides is 1. The average Bonchev–Trinajstić information content (AvgIpc) is 3.50. The van der Waals surface area contributed by atoms with Crippen LogP contribution in [-0.4, -0.2) is 60.9 Å². The molecule has 11 heteroatoms. The van der Waals surface area contributed by atoms with Crippen LogP contribution in [0.15, 0.2) is 55.1 Å². The molecule has 6 rings (SSSR count). The van der Waals surface area contributed by atoms with Gasteiger partial charge in [-0.2, -0.15) is 5.10 Å². The topological polar surface area (TPSA) is 113 Å². The minimum Gasteiger partial charge on any atom is -0.492 e. The molecule has 10 nitrogen and oxygen atoms in total. The summed E-state index contributed by atoms with van der Waals surface area (Å²) < 4.78 is 7.62. The lowest BCUT2D eigenvalue weighted by Crippen LogP contribution is -2.53. The van der Waals surface area contributed by atoms with Crippen LogP contribution in [-0.2, 0) is 0 Å². The molecule has 0 saturated carbocycles. The van der Waals surface area contributed by atoms with Crippen LogP contribution in [0.1, 0.15) is 37.2 Å². The molecule has 0 atom stereocenters. The van der Waals surface area contributed by atoms with Gasteiger partial charge in [-0.1, -0.05) is 11.6 Å². The number of rotatable bonds is 6. The van der Waals surface area contributed by atoms with E-state index in [4.69, 9.17) is 21.3 Å². The molecule has 1 aliphatic heterocycles. The maximum atomic E-state index is 12.8. The number of halogens is 1. The van der Waals surface area contributed by atoms with Crippen molar-refractivity contribution in [3.63, 3.8) is 0 Å². The molecule has 0 spiro atoms. The van der Waals surface area contributed by atoms with E-state index in [2.05, 4.69) is 43.5 Å². The quantitative estimate of drug-likeness (QED) is 0.332. The Morgan fingerprint density at radius 2 is 2.05 bits per heavy atom. The molecule has 1 saturated heterocycles. The zero-order valence-electron chi connectivity index (χ0n) is 21.1. The van der Waals surface area contributed by atoms with Crippen molar-refractivity contribution in [2.75, 3.05) is 24.6 Å². The Morgan fingerprint density at radius 1 is 1.21 bits per heavy atom. The number of nitrogens with zero attached hydrogens (tertiary/aromatic N) is 6. The van der Waals surface area contributed by atoms with Crippen LogP contribution >= 0.6 is 11.6 Å². The van der Waals surface area contributed by atoms with Crippen LogP contribution in [0, 0.1) is 0 Å². The number of carbonyl (C=O) groups is 1. The van der Waals surface area contributed by atoms with Crippen LogP contribution in [0.3, 0.4) is 0 Å². The summed E-state index contributed by atoms with van der Waals surface area (Å²) in [5.41, 5.74) is 3.51. The van der Waals surface area contributed by atoms with Crippen molar-refractivity contribution in [2.24, 2.45) is 0 Å². The van der Waals surface area contributed by atoms with Crippen molar-refractivity contribution in [1.29, 1.82) is 0 Å². The van der Waals surface area contributed by atoms with Crippen molar-refractivity contribution >= 4 is 39.9 Å². The number of aromatic nitrogens is 6. The van der Waals surface area contributed by atoms with Gasteiger partial charge in [0.1, 0.15) is 17.3 Å². The predicted molar refractivity (Wildman–Crippen MR) is 146 cm³/mol. The molecular formula is C27H27ClN8O2. The SMILES string of the molecule is CCOc1cc(-c2ccc(N3CCC(C)(NC(=O)c4ncccc4Cl)CC3)nc2)c2c3cn[nH]c3nn2c1. The van der Waals surface area contributed by atoms with E-state index in [1.807, 2.05) is 36.0 Å². The largest absolute Gasteiger partial charge is 0.492 e. The van der Waals surface area contributed by atoms with Gasteiger partial charge in [0.2, 0.25) is 0 Å². The number of aromatic amines is 1. The fraction of sp³-hybridized carbons (Fsp3) is 0.296. The molecule has 1 aliphatic rings. The first-order valence-corrected chi connectivity index (χ1v) is 12.9. The molecule has 1 amide bonds. The van der Waals surface area contributed by atoms with Crippen LogP contribution in [0.25, 0.3) is 27.7 Å². The molecule has 194 valence electrons. The highest BCUT2D eigenvalue weighted by molar-refractivity contribution is 6.33. The number of hydrogen-bond acceptors (Lipinski definition) is 7. The number of nitrogens with one attached hydrogen (secondary N) is 2. The standard InChI is InChI=1S/C27H27ClN8O2/c1-3-38-18-13-19(24-20-15-31-33-25(20)34-36(24)16-18)17-6-7-22(30-14-17)35-11-8-27(2,9-12-35)32-26(37)23-21(28)5-4-10-29-23/h4-7,10,13-16H,3,8-9,11-12H2,1-2H3,(H,32,37)(H,33,34). The molecule has 0 radical (unpaired) electrons. The maximum Gasteiger partial charge on any atom is 0.271 e. The van der Waals surface area contributed by atoms with Gasteiger partial charge in [-0.25, -0.2) is 14.5 Å². The molecule has 5 aromatic rings. The second kappa shape index (κ2) is 9.60. The molecule has 0 aliphatic carbocycles. The third kappa shape index (κ3) is 4.41. The summed E-state index contributed by atoms with van der Waals surface area (Å²) in [7, 11) is 0. The molecule has 2 N–H and O–H groups in total. The van der Waals surface area contributed by atoms with Gasteiger partial charge in [-0.3, -0.25) is 9.89 Å². The first-order valence-electron chi connectivity index (χ1n) is 12.6. The highest BCUT2D eigenvalue weighted by atomic mass is 35.5. The zero-order valence-corrected chi connectivity index (χ0v) is 21.9. The van der Waals surface area contributed by atoms with E-state index < -0.39 is 0 Å². The van der Waals surface area contributed by atoms with Crippen LogP contribution in [0.2, 0.25) is 5.02 Å². The summed E-state index contributed by atoms with van der Waals surface area (Å²) in [5.74, 6) is 1.39. The summed E-state index contributed by atoms with van der Waals surface area (Å²) >= 11 is 6.16. The van der Waals surface area contributed by atoms with E-state index in [1.165, 1.54) is 0 Å². The number of carbonyl (C=O) groups excluding carboxylic acids is 1. The number of ether oxygens (including phenoxy) is 1. The first kappa shape index (κ1) is 24.2. The maximum absolute atomic E-state index is 12.8. The summed E-state index contributed by atoms with van der Waals surface area (Å²) in [4.78, 5) is 23.9. The van der Waals surface area contributed by atoms with E-state index in [1.54, 1.807) is 24.5 Å². The summed E-state index contributed by atoms with van der Waals surface area (Å²) in [6.07, 6.45) is 8.68. The predicted octanol–water partition coefficient (Wildman–Crippen LogP) is 4.51. The van der Waals surface area contributed by atoms with Gasteiger partial charge in [0.25, 0.3) is 5.91 Å². The van der Waals surface area contributed by atoms with Gasteiger partial charge in [0.15, 0.2) is 5.65 Å². The van der Waals surface area contributed by atoms with Crippen LogP contribution in [0.4, 0.5) is 5.82 Å². The number of piperidine rings is 1.